The molecule has 1 aromatic carbocycles. The van der Waals surface area contributed by atoms with Crippen molar-refractivity contribution in [2.45, 2.75) is 50.4 Å². The molecule has 0 N–H and O–H groups in total. The molecule has 1 saturated carbocycles. The molecule has 21 heavy (non-hydrogen) atoms. The molecule has 1 aromatic rings. The highest BCUT2D eigenvalue weighted by Crippen LogP contribution is 2.52. The van der Waals surface area contributed by atoms with Crippen LogP contribution in [-0.2, 0) is 11.8 Å². The summed E-state index contributed by atoms with van der Waals surface area (Å²) in [6.07, 6.45) is 8.74. The van der Waals surface area contributed by atoms with Crippen LogP contribution in [0.2, 0.25) is 0 Å². The summed E-state index contributed by atoms with van der Waals surface area (Å²) in [6.45, 7) is -0.0491. The van der Waals surface area contributed by atoms with E-state index in [1.807, 2.05) is 11.9 Å². The Hall–Kier alpha value is -1.02. The molecule has 2 nitrogen and oxygen atoms in total. The lowest BCUT2D eigenvalue weighted by Crippen LogP contribution is -2.43. The van der Waals surface area contributed by atoms with Crippen molar-refractivity contribution in [3.63, 3.8) is 0 Å². The Morgan fingerprint density at radius 3 is 3.10 bits per heavy atom. The van der Waals surface area contributed by atoms with E-state index in [-0.39, 0.29) is 5.41 Å². The Labute approximate surface area is 132 Å². The summed E-state index contributed by atoms with van der Waals surface area (Å²) in [5, 5.41) is 0. The second-order valence-corrected chi connectivity index (χ2v) is 6.89. The molecule has 0 saturated heterocycles. The van der Waals surface area contributed by atoms with Gasteiger partial charge >= 0.3 is 0 Å². The van der Waals surface area contributed by atoms with Crippen molar-refractivity contribution in [2.75, 3.05) is 27.7 Å². The lowest BCUT2D eigenvalue weighted by Gasteiger charge is -2.49. The van der Waals surface area contributed by atoms with Crippen LogP contribution >= 0.6 is 0 Å². The van der Waals surface area contributed by atoms with Gasteiger partial charge in [0.05, 0.1) is 7.11 Å². The van der Waals surface area contributed by atoms with Crippen molar-refractivity contribution in [3.8, 4) is 5.75 Å². The van der Waals surface area contributed by atoms with Gasteiger partial charge in [-0.2, -0.15) is 0 Å². The zero-order chi connectivity index (χ0) is 16.4. The topological polar surface area (TPSA) is 12.5 Å². The van der Waals surface area contributed by atoms with Gasteiger partial charge in [-0.25, -0.2) is 0 Å². The Bertz CT molecular complexity index is 548. The predicted molar refractivity (Wildman–Crippen MR) is 88.1 cm³/mol. The summed E-state index contributed by atoms with van der Waals surface area (Å²) >= 11 is 0. The number of rotatable bonds is 4. The summed E-state index contributed by atoms with van der Waals surface area (Å²) in [4.78, 5) is 1.84. The van der Waals surface area contributed by atoms with Crippen molar-refractivity contribution >= 4 is 0 Å². The molecule has 3 rings (SSSR count). The highest BCUT2D eigenvalue weighted by Gasteiger charge is 2.45. The number of benzene rings is 1. The second-order valence-electron chi connectivity index (χ2n) is 6.89. The van der Waals surface area contributed by atoms with Crippen LogP contribution in [0.1, 0.15) is 52.4 Å². The van der Waals surface area contributed by atoms with Crippen molar-refractivity contribution in [1.29, 1.82) is 0 Å². The fourth-order valence-corrected chi connectivity index (χ4v) is 4.62. The molecule has 1 unspecified atom stereocenters. The van der Waals surface area contributed by atoms with E-state index in [1.165, 1.54) is 49.7 Å². The van der Waals surface area contributed by atoms with Crippen LogP contribution in [0.25, 0.3) is 0 Å². The second kappa shape index (κ2) is 6.00. The molecule has 0 bridgehead atoms. The summed E-state index contributed by atoms with van der Waals surface area (Å²) in [5.74, 6) is 1.71. The fraction of sp³-hybridized carbons (Fsp3) is 0.684. The van der Waals surface area contributed by atoms with Gasteiger partial charge in [0.25, 0.3) is 0 Å². The lowest BCUT2D eigenvalue weighted by molar-refractivity contribution is 0.135. The minimum atomic E-state index is -0.873. The van der Waals surface area contributed by atoms with Gasteiger partial charge in [-0.3, -0.25) is 0 Å². The summed E-state index contributed by atoms with van der Waals surface area (Å²) in [6, 6.07) is 6.61. The van der Waals surface area contributed by atoms with Crippen molar-refractivity contribution < 1.29 is 7.48 Å². The fourth-order valence-electron chi connectivity index (χ4n) is 4.62. The molecule has 2 aliphatic carbocycles. The van der Waals surface area contributed by atoms with Gasteiger partial charge < -0.3 is 9.64 Å². The summed E-state index contributed by atoms with van der Waals surface area (Å²) in [7, 11) is 3.64. The predicted octanol–water partition coefficient (Wildman–Crippen LogP) is 4.02. The number of nitrogens with zero attached hydrogens (tertiary/aromatic N) is 1. The Morgan fingerprint density at radius 1 is 1.38 bits per heavy atom. The van der Waals surface area contributed by atoms with Crippen LogP contribution in [0.4, 0.5) is 0 Å². The zero-order valence-electron chi connectivity index (χ0n) is 15.4. The van der Waals surface area contributed by atoms with Gasteiger partial charge in [0.2, 0.25) is 0 Å². The van der Waals surface area contributed by atoms with Gasteiger partial charge in [0.1, 0.15) is 5.75 Å². The van der Waals surface area contributed by atoms with Gasteiger partial charge in [-0.1, -0.05) is 18.9 Å². The summed E-state index contributed by atoms with van der Waals surface area (Å²) in [5.41, 5.74) is 3.20. The maximum Gasteiger partial charge on any atom is 0.119 e. The van der Waals surface area contributed by atoms with Gasteiger partial charge in [0, 0.05) is 2.74 Å². The van der Waals surface area contributed by atoms with E-state index < -0.39 is 7.00 Å². The maximum atomic E-state index is 7.61. The van der Waals surface area contributed by atoms with Gasteiger partial charge in [0.15, 0.2) is 0 Å². The molecule has 0 radical (unpaired) electrons. The highest BCUT2D eigenvalue weighted by molar-refractivity contribution is 5.43. The molecular weight excluding hydrogens is 258 g/mol. The van der Waals surface area contributed by atoms with E-state index in [4.69, 9.17) is 7.48 Å². The quantitative estimate of drug-likeness (QED) is 0.830. The molecule has 0 heterocycles. The van der Waals surface area contributed by atoms with E-state index >= 15 is 0 Å². The van der Waals surface area contributed by atoms with Crippen molar-refractivity contribution in [2.24, 2.45) is 5.92 Å². The van der Waals surface area contributed by atoms with Gasteiger partial charge in [-0.05, 0) is 87.3 Å². The average Bonchev–Trinajstić information content (AvgIpc) is 2.58. The first-order valence-corrected chi connectivity index (χ1v) is 8.29. The molecule has 0 spiro atoms. The number of hydrogen-bond donors (Lipinski definition) is 0. The maximum absolute atomic E-state index is 7.61. The zero-order valence-corrected chi connectivity index (χ0v) is 13.4. The van der Waals surface area contributed by atoms with Crippen LogP contribution in [-0.4, -0.2) is 32.6 Å². The van der Waals surface area contributed by atoms with E-state index in [0.29, 0.717) is 0 Å². The average molecular weight is 289 g/mol. The molecule has 2 atom stereocenters. The highest BCUT2D eigenvalue weighted by atomic mass is 16.5. The van der Waals surface area contributed by atoms with E-state index in [2.05, 4.69) is 18.2 Å². The molecule has 116 valence electrons. The molecule has 2 aliphatic rings. The van der Waals surface area contributed by atoms with Gasteiger partial charge in [-0.15, -0.1) is 0 Å². The first-order valence-electron chi connectivity index (χ1n) is 9.44. The summed E-state index contributed by atoms with van der Waals surface area (Å²) < 4.78 is 20.7. The molecular formula is C19H29NO. The third-order valence-corrected chi connectivity index (χ3v) is 5.73. The Balaban J connectivity index is 1.95. The first-order chi connectivity index (χ1) is 11.1. The standard InChI is InChI=1S/C19H29NO/c1-20(2)13-12-19-11-5-4-6-16(19)9-7-15-8-10-17(21-3)14-18(15)19/h8,10,14,16H,4-7,9,11-13H2,1-3H3/t16?,19-/m0/s1/i1D2. The van der Waals surface area contributed by atoms with Crippen LogP contribution in [0, 0.1) is 5.92 Å². The largest absolute Gasteiger partial charge is 0.497 e. The molecule has 2 heteroatoms. The smallest absolute Gasteiger partial charge is 0.119 e. The van der Waals surface area contributed by atoms with Crippen LogP contribution < -0.4 is 4.74 Å². The third-order valence-electron chi connectivity index (χ3n) is 5.73. The lowest BCUT2D eigenvalue weighted by atomic mass is 9.56. The monoisotopic (exact) mass is 289 g/mol. The SMILES string of the molecule is [2H]C([2H])N(C)CC[C@@]12CCCCC1CCc1ccc(OC)cc12. The van der Waals surface area contributed by atoms with Crippen molar-refractivity contribution in [1.82, 2.24) is 4.90 Å². The minimum Gasteiger partial charge on any atom is -0.497 e. The number of fused-ring (bicyclic) bond motifs is 3. The van der Waals surface area contributed by atoms with Crippen LogP contribution in [0.5, 0.6) is 5.75 Å². The number of aryl methyl sites for hydroxylation is 1. The Morgan fingerprint density at radius 2 is 2.29 bits per heavy atom. The Kier molecular flexibility index (Phi) is 3.58. The third kappa shape index (κ3) is 2.70. The number of methoxy groups -OCH3 is 1. The minimum absolute atomic E-state index is 0.226. The van der Waals surface area contributed by atoms with Crippen molar-refractivity contribution in [3.05, 3.63) is 29.3 Å². The molecule has 0 amide bonds. The van der Waals surface area contributed by atoms with Crippen LogP contribution in [0.15, 0.2) is 18.2 Å². The van der Waals surface area contributed by atoms with Crippen LogP contribution in [0.3, 0.4) is 0 Å². The number of ether oxygens (including phenoxy) is 1. The van der Waals surface area contributed by atoms with E-state index in [0.717, 1.165) is 24.6 Å². The first kappa shape index (κ1) is 12.5. The molecule has 0 aliphatic heterocycles. The molecule has 0 aromatic heterocycles. The normalized spacial score (nSPS) is 29.6. The number of hydrogen-bond acceptors (Lipinski definition) is 2. The van der Waals surface area contributed by atoms with E-state index in [1.54, 1.807) is 7.11 Å². The molecule has 1 fully saturated rings. The van der Waals surface area contributed by atoms with E-state index in [9.17, 15) is 0 Å².